The lowest BCUT2D eigenvalue weighted by atomic mass is 10.2. The quantitative estimate of drug-likeness (QED) is 0.752. The van der Waals surface area contributed by atoms with E-state index in [0.717, 1.165) is 12.1 Å². The fraction of sp³-hybridized carbons (Fsp3) is 0.125. The molecule has 0 bridgehead atoms. The first kappa shape index (κ1) is 9.91. The molecule has 0 radical (unpaired) electrons. The van der Waals surface area contributed by atoms with E-state index < -0.39 is 21.7 Å². The average molecular weight is 231 g/mol. The minimum atomic E-state index is -3.90. The molecule has 0 atom stereocenters. The minimum Gasteiger partial charge on any atom is -0.494 e. The van der Waals surface area contributed by atoms with Gasteiger partial charge in [0.15, 0.2) is 11.6 Å². The molecule has 1 heterocycles. The van der Waals surface area contributed by atoms with Gasteiger partial charge in [0, 0.05) is 0 Å². The molecule has 5 nitrogen and oxygen atoms in total. The predicted octanol–water partition coefficient (Wildman–Crippen LogP) is 0.266. The van der Waals surface area contributed by atoms with Crippen LogP contribution in [0, 0.1) is 5.82 Å². The van der Waals surface area contributed by atoms with Gasteiger partial charge in [-0.15, -0.1) is 0 Å². The highest BCUT2D eigenvalue weighted by molar-refractivity contribution is 7.90. The fourth-order valence-corrected chi connectivity index (χ4v) is 2.49. The molecule has 1 aliphatic heterocycles. The van der Waals surface area contributed by atoms with Gasteiger partial charge < -0.3 is 4.74 Å². The molecular formula is C8H6FNO4S. The number of fused-ring (bicyclic) bond motifs is 1. The maximum atomic E-state index is 13.2. The van der Waals surface area contributed by atoms with Crippen molar-refractivity contribution >= 4 is 15.9 Å². The van der Waals surface area contributed by atoms with Gasteiger partial charge in [0.2, 0.25) is 0 Å². The van der Waals surface area contributed by atoms with Crippen LogP contribution in [0.4, 0.5) is 4.39 Å². The Morgan fingerprint density at radius 1 is 1.40 bits per heavy atom. The number of ether oxygens (including phenoxy) is 1. The Kier molecular flexibility index (Phi) is 1.93. The summed E-state index contributed by atoms with van der Waals surface area (Å²) < 4.78 is 42.1. The second kappa shape index (κ2) is 2.93. The van der Waals surface area contributed by atoms with Gasteiger partial charge in [0.1, 0.15) is 4.90 Å². The van der Waals surface area contributed by atoms with Crippen LogP contribution in [0.3, 0.4) is 0 Å². The van der Waals surface area contributed by atoms with Crippen molar-refractivity contribution in [1.82, 2.24) is 4.72 Å². The summed E-state index contributed by atoms with van der Waals surface area (Å²) in [5.74, 6) is -1.76. The van der Waals surface area contributed by atoms with Crippen LogP contribution in [-0.4, -0.2) is 21.4 Å². The number of methoxy groups -OCH3 is 1. The zero-order valence-electron chi connectivity index (χ0n) is 7.57. The zero-order valence-corrected chi connectivity index (χ0v) is 8.39. The van der Waals surface area contributed by atoms with Crippen LogP contribution in [-0.2, 0) is 10.0 Å². The summed E-state index contributed by atoms with van der Waals surface area (Å²) in [6.07, 6.45) is 0. The summed E-state index contributed by atoms with van der Waals surface area (Å²) in [5.41, 5.74) is -0.103. The highest BCUT2D eigenvalue weighted by Gasteiger charge is 2.34. The topological polar surface area (TPSA) is 72.5 Å². The Morgan fingerprint density at radius 2 is 2.07 bits per heavy atom. The standard InChI is InChI=1S/C8H6FNO4S/c1-14-6-2-4-7(3-5(6)9)15(12,13)10-8(4)11/h2-3H,1H3,(H,10,11). The first-order valence-electron chi connectivity index (χ1n) is 3.90. The first-order valence-corrected chi connectivity index (χ1v) is 5.38. The summed E-state index contributed by atoms with van der Waals surface area (Å²) in [5, 5.41) is 0. The van der Waals surface area contributed by atoms with Crippen molar-refractivity contribution in [2.75, 3.05) is 7.11 Å². The van der Waals surface area contributed by atoms with Crippen molar-refractivity contribution in [3.8, 4) is 5.75 Å². The molecule has 7 heteroatoms. The van der Waals surface area contributed by atoms with Crippen molar-refractivity contribution in [3.63, 3.8) is 0 Å². The molecule has 0 saturated carbocycles. The van der Waals surface area contributed by atoms with Crippen molar-refractivity contribution in [2.45, 2.75) is 4.90 Å². The molecule has 1 aromatic carbocycles. The van der Waals surface area contributed by atoms with Gasteiger partial charge >= 0.3 is 0 Å². The van der Waals surface area contributed by atoms with Gasteiger partial charge in [-0.2, -0.15) is 0 Å². The number of halogens is 1. The smallest absolute Gasteiger partial charge is 0.266 e. The summed E-state index contributed by atoms with van der Waals surface area (Å²) in [7, 11) is -2.67. The number of nitrogens with one attached hydrogen (secondary N) is 1. The molecule has 0 unspecified atom stereocenters. The molecule has 0 aliphatic carbocycles. The summed E-state index contributed by atoms with van der Waals surface area (Å²) >= 11 is 0. The second-order valence-corrected chi connectivity index (χ2v) is 4.57. The molecule has 0 saturated heterocycles. The van der Waals surface area contributed by atoms with Gasteiger partial charge in [-0.1, -0.05) is 0 Å². The molecule has 1 N–H and O–H groups in total. The average Bonchev–Trinajstić information content (AvgIpc) is 2.36. The largest absolute Gasteiger partial charge is 0.494 e. The van der Waals surface area contributed by atoms with E-state index in [1.165, 1.54) is 7.11 Å². The number of carbonyl (C=O) groups is 1. The molecule has 1 aliphatic rings. The van der Waals surface area contributed by atoms with Crippen LogP contribution < -0.4 is 9.46 Å². The van der Waals surface area contributed by atoms with Crippen LogP contribution in [0.5, 0.6) is 5.75 Å². The van der Waals surface area contributed by atoms with E-state index in [4.69, 9.17) is 0 Å². The van der Waals surface area contributed by atoms with Gasteiger partial charge in [0.25, 0.3) is 15.9 Å². The Labute approximate surface area is 84.9 Å². The molecule has 15 heavy (non-hydrogen) atoms. The molecule has 0 aromatic heterocycles. The lowest BCUT2D eigenvalue weighted by Gasteiger charge is -2.02. The Balaban J connectivity index is 2.76. The number of hydrogen-bond donors (Lipinski definition) is 1. The lowest BCUT2D eigenvalue weighted by molar-refractivity contribution is 0.0984. The Hall–Kier alpha value is -1.63. The SMILES string of the molecule is COc1cc2c(cc1F)S(=O)(=O)NC2=O. The highest BCUT2D eigenvalue weighted by atomic mass is 32.2. The predicted molar refractivity (Wildman–Crippen MR) is 47.6 cm³/mol. The number of rotatable bonds is 1. The van der Waals surface area contributed by atoms with Gasteiger partial charge in [-0.25, -0.2) is 17.5 Å². The number of amides is 1. The molecule has 2 rings (SSSR count). The molecule has 1 amide bonds. The van der Waals surface area contributed by atoms with E-state index >= 15 is 0 Å². The lowest BCUT2D eigenvalue weighted by Crippen LogP contribution is -2.20. The zero-order chi connectivity index (χ0) is 11.2. The Bertz CT molecular complexity index is 552. The van der Waals surface area contributed by atoms with Crippen molar-refractivity contribution in [3.05, 3.63) is 23.5 Å². The van der Waals surface area contributed by atoms with E-state index in [1.54, 1.807) is 4.72 Å². The normalized spacial score (nSPS) is 17.1. The highest BCUT2D eigenvalue weighted by Crippen LogP contribution is 2.28. The van der Waals surface area contributed by atoms with Crippen LogP contribution in [0.15, 0.2) is 17.0 Å². The third-order valence-electron chi connectivity index (χ3n) is 2.02. The van der Waals surface area contributed by atoms with E-state index in [0.29, 0.717) is 0 Å². The summed E-state index contributed by atoms with van der Waals surface area (Å²) in [6, 6.07) is 1.83. The van der Waals surface area contributed by atoms with E-state index in [-0.39, 0.29) is 16.2 Å². The van der Waals surface area contributed by atoms with E-state index in [1.807, 2.05) is 0 Å². The van der Waals surface area contributed by atoms with Gasteiger partial charge in [-0.05, 0) is 12.1 Å². The maximum absolute atomic E-state index is 13.2. The van der Waals surface area contributed by atoms with Crippen molar-refractivity contribution in [1.29, 1.82) is 0 Å². The van der Waals surface area contributed by atoms with Crippen molar-refractivity contribution < 1.29 is 22.3 Å². The van der Waals surface area contributed by atoms with Crippen LogP contribution in [0.1, 0.15) is 10.4 Å². The first-order chi connectivity index (χ1) is 6.95. The van der Waals surface area contributed by atoms with Crippen LogP contribution in [0.2, 0.25) is 0 Å². The third kappa shape index (κ3) is 1.35. The monoisotopic (exact) mass is 231 g/mol. The molecular weight excluding hydrogens is 225 g/mol. The van der Waals surface area contributed by atoms with Crippen LogP contribution >= 0.6 is 0 Å². The number of sulfonamides is 1. The third-order valence-corrected chi connectivity index (χ3v) is 3.39. The second-order valence-electron chi connectivity index (χ2n) is 2.92. The van der Waals surface area contributed by atoms with E-state index in [2.05, 4.69) is 4.74 Å². The van der Waals surface area contributed by atoms with Gasteiger partial charge in [-0.3, -0.25) is 4.79 Å². The number of benzene rings is 1. The minimum absolute atomic E-state index is 0.103. The fourth-order valence-electron chi connectivity index (χ4n) is 1.32. The molecule has 0 spiro atoms. The Morgan fingerprint density at radius 3 is 2.67 bits per heavy atom. The molecule has 0 fully saturated rings. The molecule has 1 aromatic rings. The van der Waals surface area contributed by atoms with Gasteiger partial charge in [0.05, 0.1) is 12.7 Å². The van der Waals surface area contributed by atoms with Crippen LogP contribution in [0.25, 0.3) is 0 Å². The van der Waals surface area contributed by atoms with Crippen molar-refractivity contribution in [2.24, 2.45) is 0 Å². The number of hydrogen-bond acceptors (Lipinski definition) is 4. The summed E-state index contributed by atoms with van der Waals surface area (Å²) in [4.78, 5) is 10.8. The number of carbonyl (C=O) groups excluding carboxylic acids is 1. The maximum Gasteiger partial charge on any atom is 0.266 e. The summed E-state index contributed by atoms with van der Waals surface area (Å²) in [6.45, 7) is 0. The van der Waals surface area contributed by atoms with E-state index in [9.17, 15) is 17.6 Å². The molecule has 80 valence electrons.